The molecule has 2 heterocycles. The van der Waals surface area contributed by atoms with Gasteiger partial charge < -0.3 is 4.98 Å². The van der Waals surface area contributed by atoms with E-state index in [9.17, 15) is 0 Å². The molecule has 1 N–H and O–H groups in total. The Morgan fingerprint density at radius 1 is 1.19 bits per heavy atom. The van der Waals surface area contributed by atoms with E-state index >= 15 is 0 Å². The molecule has 0 saturated carbocycles. The van der Waals surface area contributed by atoms with Gasteiger partial charge in [0.1, 0.15) is 6.33 Å². The zero-order chi connectivity index (χ0) is 11.0. The molecule has 3 nitrogen and oxygen atoms in total. The summed E-state index contributed by atoms with van der Waals surface area (Å²) in [7, 11) is 0. The number of benzene rings is 1. The Morgan fingerprint density at radius 2 is 2.12 bits per heavy atom. The Morgan fingerprint density at radius 3 is 2.94 bits per heavy atom. The lowest BCUT2D eigenvalue weighted by Gasteiger charge is -1.98. The predicted molar refractivity (Wildman–Crippen MR) is 64.1 cm³/mol. The summed E-state index contributed by atoms with van der Waals surface area (Å²) in [6.45, 7) is 2.09. The van der Waals surface area contributed by atoms with Crippen LogP contribution in [0.5, 0.6) is 0 Å². The van der Waals surface area contributed by atoms with Crippen LogP contribution in [0, 0.1) is 6.92 Å². The van der Waals surface area contributed by atoms with E-state index in [0.717, 1.165) is 16.8 Å². The average Bonchev–Trinajstić information content (AvgIpc) is 2.73. The summed E-state index contributed by atoms with van der Waals surface area (Å²) in [5, 5.41) is 1.20. The third-order valence-electron chi connectivity index (χ3n) is 2.70. The van der Waals surface area contributed by atoms with E-state index in [2.05, 4.69) is 40.1 Å². The third kappa shape index (κ3) is 1.37. The molecule has 1 aromatic carbocycles. The molecular weight excluding hydrogens is 198 g/mol. The minimum Gasteiger partial charge on any atom is -0.360 e. The number of nitrogens with zero attached hydrogens (tertiary/aromatic N) is 2. The van der Waals surface area contributed by atoms with Crippen molar-refractivity contribution in [1.82, 2.24) is 15.0 Å². The number of fused-ring (bicyclic) bond motifs is 1. The highest BCUT2D eigenvalue weighted by atomic mass is 14.8. The molecule has 0 bridgehead atoms. The summed E-state index contributed by atoms with van der Waals surface area (Å²) < 4.78 is 0. The van der Waals surface area contributed by atoms with Crippen molar-refractivity contribution in [3.63, 3.8) is 0 Å². The van der Waals surface area contributed by atoms with Crippen LogP contribution in [0.4, 0.5) is 0 Å². The molecule has 2 aromatic heterocycles. The van der Waals surface area contributed by atoms with Gasteiger partial charge in [0.05, 0.1) is 5.69 Å². The molecule has 0 spiro atoms. The van der Waals surface area contributed by atoms with Gasteiger partial charge in [-0.3, -0.25) is 0 Å². The standard InChI is InChI=1S/C13H11N3/c1-9-2-3-10-11(7-15-13(10)6-9)12-4-5-14-8-16-12/h2-8,15H,1H3. The fourth-order valence-corrected chi connectivity index (χ4v) is 1.90. The Labute approximate surface area is 93.2 Å². The number of aryl methyl sites for hydroxylation is 1. The van der Waals surface area contributed by atoms with Crippen LogP contribution in [0.3, 0.4) is 0 Å². The summed E-state index contributed by atoms with van der Waals surface area (Å²) in [6.07, 6.45) is 5.32. The number of aromatic nitrogens is 3. The second-order valence-corrected chi connectivity index (χ2v) is 3.85. The highest BCUT2D eigenvalue weighted by molar-refractivity contribution is 5.94. The minimum atomic E-state index is 0.949. The van der Waals surface area contributed by atoms with Gasteiger partial charge >= 0.3 is 0 Å². The molecular formula is C13H11N3. The molecule has 3 rings (SSSR count). The largest absolute Gasteiger partial charge is 0.360 e. The maximum Gasteiger partial charge on any atom is 0.116 e. The van der Waals surface area contributed by atoms with Crippen LogP contribution < -0.4 is 0 Å². The maximum absolute atomic E-state index is 4.26. The minimum absolute atomic E-state index is 0.949. The van der Waals surface area contributed by atoms with Crippen molar-refractivity contribution in [2.75, 3.05) is 0 Å². The smallest absolute Gasteiger partial charge is 0.116 e. The van der Waals surface area contributed by atoms with Crippen LogP contribution >= 0.6 is 0 Å². The quantitative estimate of drug-likeness (QED) is 0.669. The zero-order valence-corrected chi connectivity index (χ0v) is 8.94. The van der Waals surface area contributed by atoms with Gasteiger partial charge in [-0.25, -0.2) is 9.97 Å². The SMILES string of the molecule is Cc1ccc2c(-c3ccncn3)c[nH]c2c1. The number of rotatable bonds is 1. The van der Waals surface area contributed by atoms with Gasteiger partial charge in [0, 0.05) is 28.9 Å². The molecule has 0 fully saturated rings. The highest BCUT2D eigenvalue weighted by Crippen LogP contribution is 2.27. The van der Waals surface area contributed by atoms with E-state index in [1.807, 2.05) is 12.3 Å². The van der Waals surface area contributed by atoms with Gasteiger partial charge in [-0.05, 0) is 24.6 Å². The molecule has 3 heteroatoms. The van der Waals surface area contributed by atoms with Crippen LogP contribution in [0.1, 0.15) is 5.56 Å². The number of aromatic amines is 1. The first-order valence-corrected chi connectivity index (χ1v) is 5.19. The van der Waals surface area contributed by atoms with Gasteiger partial charge in [0.25, 0.3) is 0 Å². The number of H-pyrrole nitrogens is 1. The summed E-state index contributed by atoms with van der Waals surface area (Å²) in [5.74, 6) is 0. The summed E-state index contributed by atoms with van der Waals surface area (Å²) in [4.78, 5) is 11.5. The fourth-order valence-electron chi connectivity index (χ4n) is 1.90. The van der Waals surface area contributed by atoms with Crippen molar-refractivity contribution in [3.8, 4) is 11.3 Å². The second kappa shape index (κ2) is 3.45. The van der Waals surface area contributed by atoms with Crippen molar-refractivity contribution in [2.45, 2.75) is 6.92 Å². The molecule has 3 aromatic rings. The first-order valence-electron chi connectivity index (χ1n) is 5.19. The van der Waals surface area contributed by atoms with Gasteiger partial charge in [-0.15, -0.1) is 0 Å². The molecule has 0 atom stereocenters. The summed E-state index contributed by atoms with van der Waals surface area (Å²) in [6, 6.07) is 8.29. The molecule has 0 radical (unpaired) electrons. The van der Waals surface area contributed by atoms with Gasteiger partial charge in [0.15, 0.2) is 0 Å². The molecule has 0 aliphatic rings. The van der Waals surface area contributed by atoms with Crippen molar-refractivity contribution in [1.29, 1.82) is 0 Å². The molecule has 0 aliphatic heterocycles. The third-order valence-corrected chi connectivity index (χ3v) is 2.70. The normalized spacial score (nSPS) is 10.8. The summed E-state index contributed by atoms with van der Waals surface area (Å²) >= 11 is 0. The Kier molecular flexibility index (Phi) is 1.96. The van der Waals surface area contributed by atoms with Crippen LogP contribution in [0.25, 0.3) is 22.2 Å². The van der Waals surface area contributed by atoms with Gasteiger partial charge in [0.2, 0.25) is 0 Å². The van der Waals surface area contributed by atoms with Crippen LogP contribution in [0.15, 0.2) is 43.0 Å². The van der Waals surface area contributed by atoms with E-state index < -0.39 is 0 Å². The fraction of sp³-hybridized carbons (Fsp3) is 0.0769. The Bertz CT molecular complexity index is 626. The Hall–Kier alpha value is -2.16. The van der Waals surface area contributed by atoms with Crippen molar-refractivity contribution < 1.29 is 0 Å². The molecule has 0 amide bonds. The predicted octanol–water partition coefficient (Wildman–Crippen LogP) is 2.93. The van der Waals surface area contributed by atoms with Crippen LogP contribution in [-0.2, 0) is 0 Å². The highest BCUT2D eigenvalue weighted by Gasteiger charge is 2.06. The van der Waals surface area contributed by atoms with E-state index in [0.29, 0.717) is 0 Å². The van der Waals surface area contributed by atoms with Gasteiger partial charge in [-0.2, -0.15) is 0 Å². The molecule has 16 heavy (non-hydrogen) atoms. The van der Waals surface area contributed by atoms with Crippen LogP contribution in [-0.4, -0.2) is 15.0 Å². The first-order chi connectivity index (χ1) is 7.84. The first kappa shape index (κ1) is 9.09. The van der Waals surface area contributed by atoms with E-state index in [1.54, 1.807) is 12.5 Å². The lowest BCUT2D eigenvalue weighted by atomic mass is 10.1. The monoisotopic (exact) mass is 209 g/mol. The molecule has 78 valence electrons. The molecule has 0 unspecified atom stereocenters. The lowest BCUT2D eigenvalue weighted by molar-refractivity contribution is 1.17. The van der Waals surface area contributed by atoms with E-state index in [1.165, 1.54) is 10.9 Å². The average molecular weight is 209 g/mol. The van der Waals surface area contributed by atoms with Crippen molar-refractivity contribution >= 4 is 10.9 Å². The topological polar surface area (TPSA) is 41.6 Å². The van der Waals surface area contributed by atoms with Crippen molar-refractivity contribution in [3.05, 3.63) is 48.5 Å². The number of hydrogen-bond donors (Lipinski definition) is 1. The van der Waals surface area contributed by atoms with E-state index in [4.69, 9.17) is 0 Å². The zero-order valence-electron chi connectivity index (χ0n) is 8.94. The molecule has 0 saturated heterocycles. The van der Waals surface area contributed by atoms with Crippen molar-refractivity contribution in [2.24, 2.45) is 0 Å². The number of hydrogen-bond acceptors (Lipinski definition) is 2. The lowest BCUT2D eigenvalue weighted by Crippen LogP contribution is -1.82. The van der Waals surface area contributed by atoms with Crippen LogP contribution in [0.2, 0.25) is 0 Å². The summed E-state index contributed by atoms with van der Waals surface area (Å²) in [5.41, 5.74) is 4.47. The molecule has 0 aliphatic carbocycles. The number of nitrogens with one attached hydrogen (secondary N) is 1. The van der Waals surface area contributed by atoms with Gasteiger partial charge in [-0.1, -0.05) is 12.1 Å². The van der Waals surface area contributed by atoms with E-state index in [-0.39, 0.29) is 0 Å². The second-order valence-electron chi connectivity index (χ2n) is 3.85. The Balaban J connectivity index is 2.26. The maximum atomic E-state index is 4.26.